The molecule has 0 radical (unpaired) electrons. The van der Waals surface area contributed by atoms with Gasteiger partial charge in [0.25, 0.3) is 0 Å². The van der Waals surface area contributed by atoms with Gasteiger partial charge < -0.3 is 20.8 Å². The maximum atomic E-state index is 12.6. The highest BCUT2D eigenvalue weighted by atomic mass is 16.3. The van der Waals surface area contributed by atoms with E-state index in [1.807, 2.05) is 46.8 Å². The number of nitrogens with one attached hydrogen (secondary N) is 2. The van der Waals surface area contributed by atoms with Gasteiger partial charge in [0.15, 0.2) is 0 Å². The fourth-order valence-corrected chi connectivity index (χ4v) is 4.86. The number of hydrogen-bond acceptors (Lipinski definition) is 4. The van der Waals surface area contributed by atoms with E-state index in [1.165, 1.54) is 0 Å². The Hall–Kier alpha value is -3.02. The van der Waals surface area contributed by atoms with Crippen molar-refractivity contribution in [2.75, 3.05) is 6.54 Å². The highest BCUT2D eigenvalue weighted by Gasteiger charge is 2.23. The largest absolute Gasteiger partial charge is 0.507 e. The highest BCUT2D eigenvalue weighted by Crippen LogP contribution is 2.37. The number of aryl methyl sites for hydroxylation is 2. The molecule has 2 rings (SSSR count). The molecule has 0 spiro atoms. The molecule has 216 valence electrons. The smallest absolute Gasteiger partial charge is 0.220 e. The minimum atomic E-state index is -0.195. The lowest BCUT2D eigenvalue weighted by Gasteiger charge is -2.24. The monoisotopic (exact) mass is 538 g/mol. The molecule has 1 unspecified atom stereocenters. The lowest BCUT2D eigenvalue weighted by molar-refractivity contribution is -0.123. The van der Waals surface area contributed by atoms with Crippen LogP contribution in [0.5, 0.6) is 11.5 Å². The zero-order valence-corrected chi connectivity index (χ0v) is 26.0. The van der Waals surface area contributed by atoms with Crippen LogP contribution in [0, 0.1) is 27.7 Å². The van der Waals surface area contributed by atoms with Gasteiger partial charge in [0.1, 0.15) is 11.5 Å². The summed E-state index contributed by atoms with van der Waals surface area (Å²) in [4.78, 5) is 25.2. The number of rotatable bonds is 9. The van der Waals surface area contributed by atoms with Gasteiger partial charge in [0, 0.05) is 25.4 Å². The van der Waals surface area contributed by atoms with Crippen molar-refractivity contribution >= 4 is 11.8 Å². The molecule has 4 N–H and O–H groups in total. The maximum Gasteiger partial charge on any atom is 0.220 e. The molecule has 0 heterocycles. The van der Waals surface area contributed by atoms with Crippen molar-refractivity contribution in [3.05, 3.63) is 56.6 Å². The lowest BCUT2D eigenvalue weighted by atomic mass is 9.82. The third-order valence-corrected chi connectivity index (χ3v) is 7.82. The first-order valence-corrected chi connectivity index (χ1v) is 14.1. The third-order valence-electron chi connectivity index (χ3n) is 7.82. The van der Waals surface area contributed by atoms with Gasteiger partial charge in [0.2, 0.25) is 11.8 Å². The number of carbonyl (C=O) groups excluding carboxylic acids is 2. The highest BCUT2D eigenvalue weighted by molar-refractivity contribution is 5.78. The molecule has 0 aromatic heterocycles. The topological polar surface area (TPSA) is 98.7 Å². The molecule has 6 heteroatoms. The summed E-state index contributed by atoms with van der Waals surface area (Å²) in [6, 6.07) is 3.85. The first-order valence-electron chi connectivity index (χ1n) is 14.1. The van der Waals surface area contributed by atoms with Crippen LogP contribution in [0.3, 0.4) is 0 Å². The predicted molar refractivity (Wildman–Crippen MR) is 160 cm³/mol. The van der Waals surface area contributed by atoms with Crippen LogP contribution in [-0.4, -0.2) is 34.6 Å². The summed E-state index contributed by atoms with van der Waals surface area (Å²) >= 11 is 0. The van der Waals surface area contributed by atoms with Gasteiger partial charge in [-0.1, -0.05) is 53.7 Å². The van der Waals surface area contributed by atoms with Gasteiger partial charge >= 0.3 is 0 Å². The minimum Gasteiger partial charge on any atom is -0.507 e. The molecule has 0 aliphatic rings. The summed E-state index contributed by atoms with van der Waals surface area (Å²) in [5, 5.41) is 27.1. The lowest BCUT2D eigenvalue weighted by Crippen LogP contribution is -2.42. The van der Waals surface area contributed by atoms with Crippen molar-refractivity contribution in [3.8, 4) is 11.5 Å². The quantitative estimate of drug-likeness (QED) is 0.309. The van der Waals surface area contributed by atoms with Gasteiger partial charge in [-0.25, -0.2) is 0 Å². The summed E-state index contributed by atoms with van der Waals surface area (Å²) in [5.74, 6) is 0.540. The number of amides is 2. The Morgan fingerprint density at radius 3 is 1.49 bits per heavy atom. The minimum absolute atomic E-state index is 0.0657. The Bertz CT molecular complexity index is 1220. The summed E-state index contributed by atoms with van der Waals surface area (Å²) in [5.41, 5.74) is 7.30. The van der Waals surface area contributed by atoms with E-state index in [-0.39, 0.29) is 28.7 Å². The van der Waals surface area contributed by atoms with Crippen LogP contribution in [0.2, 0.25) is 0 Å². The van der Waals surface area contributed by atoms with Crippen LogP contribution in [0.25, 0.3) is 0 Å². The van der Waals surface area contributed by atoms with Crippen LogP contribution < -0.4 is 10.6 Å². The molecular formula is C33H50N2O4. The number of phenolic OH excluding ortho intramolecular Hbond substituents is 2. The molecule has 0 saturated carbocycles. The van der Waals surface area contributed by atoms with E-state index < -0.39 is 0 Å². The Morgan fingerprint density at radius 2 is 1.10 bits per heavy atom. The standard InChI is InChI=1S/C33H50N2O4/c1-19(35-29(37)15-13-25-17-27(33(9,10)11)31(39)23(5)21(25)3)18-34-28(36)14-12-24-16-26(32(6,7)8)30(38)22(4)20(24)2/h16-17,19,38-39H,12-15,18H2,1-11H3,(H,34,36)(H,35,37). The molecule has 0 aliphatic carbocycles. The van der Waals surface area contributed by atoms with E-state index in [0.29, 0.717) is 43.7 Å². The number of benzene rings is 2. The Balaban J connectivity index is 1.90. The third kappa shape index (κ3) is 8.23. The second-order valence-corrected chi connectivity index (χ2v) is 13.1. The van der Waals surface area contributed by atoms with Gasteiger partial charge in [0.05, 0.1) is 0 Å². The fraction of sp³-hybridized carbons (Fsp3) is 0.576. The first-order chi connectivity index (χ1) is 17.8. The van der Waals surface area contributed by atoms with E-state index >= 15 is 0 Å². The van der Waals surface area contributed by atoms with Gasteiger partial charge in [-0.3, -0.25) is 9.59 Å². The first kappa shape index (κ1) is 32.2. The van der Waals surface area contributed by atoms with E-state index in [4.69, 9.17) is 0 Å². The second-order valence-electron chi connectivity index (χ2n) is 13.1. The van der Waals surface area contributed by atoms with Crippen molar-refractivity contribution in [1.29, 1.82) is 0 Å². The fourth-order valence-electron chi connectivity index (χ4n) is 4.86. The van der Waals surface area contributed by atoms with Crippen molar-refractivity contribution in [1.82, 2.24) is 10.6 Å². The SMILES string of the molecule is Cc1c(CCC(=O)NCC(C)NC(=O)CCc2cc(C(C)(C)C)c(O)c(C)c2C)cc(C(C)(C)C)c(O)c1C. The molecule has 6 nitrogen and oxygen atoms in total. The number of hydrogen-bond donors (Lipinski definition) is 4. The van der Waals surface area contributed by atoms with Crippen LogP contribution in [0.15, 0.2) is 12.1 Å². The van der Waals surface area contributed by atoms with Crippen LogP contribution in [-0.2, 0) is 33.3 Å². The molecule has 0 fully saturated rings. The van der Waals surface area contributed by atoms with E-state index in [0.717, 1.165) is 44.5 Å². The van der Waals surface area contributed by atoms with Gasteiger partial charge in [-0.2, -0.15) is 0 Å². The predicted octanol–water partition coefficient (Wildman–Crippen LogP) is 6.11. The van der Waals surface area contributed by atoms with Crippen molar-refractivity contribution < 1.29 is 19.8 Å². The molecule has 1 atom stereocenters. The normalized spacial score (nSPS) is 12.8. The second kappa shape index (κ2) is 12.4. The Labute approximate surface area is 235 Å². The zero-order chi connectivity index (χ0) is 29.9. The summed E-state index contributed by atoms with van der Waals surface area (Å²) < 4.78 is 0. The van der Waals surface area contributed by atoms with Gasteiger partial charge in [-0.15, -0.1) is 0 Å². The zero-order valence-electron chi connectivity index (χ0n) is 26.0. The summed E-state index contributed by atoms with van der Waals surface area (Å²) in [6.45, 7) is 22.5. The Morgan fingerprint density at radius 1 is 0.718 bits per heavy atom. The Kier molecular flexibility index (Phi) is 10.3. The number of carbonyl (C=O) groups is 2. The van der Waals surface area contributed by atoms with Gasteiger partial charge in [-0.05, 0) is 103 Å². The molecule has 0 saturated heterocycles. The molecule has 2 amide bonds. The number of phenols is 2. The summed E-state index contributed by atoms with van der Waals surface area (Å²) in [6.07, 6.45) is 1.85. The molecular weight excluding hydrogens is 488 g/mol. The van der Waals surface area contributed by atoms with Crippen molar-refractivity contribution in [2.45, 2.75) is 119 Å². The van der Waals surface area contributed by atoms with E-state index in [9.17, 15) is 19.8 Å². The molecule has 0 aliphatic heterocycles. The molecule has 2 aromatic carbocycles. The van der Waals surface area contributed by atoms with E-state index in [1.54, 1.807) is 0 Å². The van der Waals surface area contributed by atoms with Crippen molar-refractivity contribution in [3.63, 3.8) is 0 Å². The van der Waals surface area contributed by atoms with Crippen LogP contribution >= 0.6 is 0 Å². The maximum absolute atomic E-state index is 12.6. The van der Waals surface area contributed by atoms with Crippen LogP contribution in [0.1, 0.15) is 106 Å². The van der Waals surface area contributed by atoms with Crippen molar-refractivity contribution in [2.24, 2.45) is 0 Å². The molecule has 39 heavy (non-hydrogen) atoms. The van der Waals surface area contributed by atoms with Crippen LogP contribution in [0.4, 0.5) is 0 Å². The number of aromatic hydroxyl groups is 2. The van der Waals surface area contributed by atoms with E-state index in [2.05, 4.69) is 52.2 Å². The molecule has 2 aromatic rings. The average Bonchev–Trinajstić information content (AvgIpc) is 2.82. The molecule has 0 bridgehead atoms. The average molecular weight is 539 g/mol. The summed E-state index contributed by atoms with van der Waals surface area (Å²) in [7, 11) is 0.